The lowest BCUT2D eigenvalue weighted by atomic mass is 9.89. The van der Waals surface area contributed by atoms with Gasteiger partial charge in [0.05, 0.1) is 0 Å². The Balaban J connectivity index is 2.07. The molecule has 0 aliphatic heterocycles. The lowest BCUT2D eigenvalue weighted by Crippen LogP contribution is -2.39. The lowest BCUT2D eigenvalue weighted by molar-refractivity contribution is 0.0221. The molecule has 22 heavy (non-hydrogen) atoms. The molecule has 0 unspecified atom stereocenters. The third-order valence-electron chi connectivity index (χ3n) is 4.36. The summed E-state index contributed by atoms with van der Waals surface area (Å²) in [6.45, 7) is 5.77. The van der Waals surface area contributed by atoms with Crippen molar-refractivity contribution in [3.05, 3.63) is 35.9 Å². The summed E-state index contributed by atoms with van der Waals surface area (Å²) in [6.07, 6.45) is 1.39. The molecule has 0 aromatic heterocycles. The summed E-state index contributed by atoms with van der Waals surface area (Å²) in [4.78, 5) is 13.9. The standard InChI is InChI=1S/C18H27NO3/c1-18(2,3)22-17(21)19(4)15-10-14(12-20)16(11-15)13-8-6-5-7-9-13/h5-9,14-16,20H,10-12H2,1-4H3/t14-,15-,16-/m0/s1. The molecule has 0 bridgehead atoms. The monoisotopic (exact) mass is 305 g/mol. The van der Waals surface area contributed by atoms with Crippen LogP contribution < -0.4 is 0 Å². The van der Waals surface area contributed by atoms with Gasteiger partial charge in [0.15, 0.2) is 0 Å². The molecule has 1 aromatic carbocycles. The Morgan fingerprint density at radius 2 is 1.91 bits per heavy atom. The van der Waals surface area contributed by atoms with E-state index < -0.39 is 5.60 Å². The van der Waals surface area contributed by atoms with Crippen molar-refractivity contribution in [3.8, 4) is 0 Å². The smallest absolute Gasteiger partial charge is 0.410 e. The number of benzene rings is 1. The molecule has 1 saturated carbocycles. The Labute approximate surface area is 133 Å². The molecule has 1 N–H and O–H groups in total. The molecule has 0 heterocycles. The zero-order valence-electron chi connectivity index (χ0n) is 14.0. The van der Waals surface area contributed by atoms with Gasteiger partial charge in [0, 0.05) is 19.7 Å². The van der Waals surface area contributed by atoms with Crippen molar-refractivity contribution in [2.45, 2.75) is 51.2 Å². The highest BCUT2D eigenvalue weighted by Gasteiger charge is 2.38. The summed E-state index contributed by atoms with van der Waals surface area (Å²) >= 11 is 0. The Kier molecular flexibility index (Phi) is 5.12. The first-order valence-electron chi connectivity index (χ1n) is 7.93. The fourth-order valence-electron chi connectivity index (χ4n) is 3.21. The minimum absolute atomic E-state index is 0.109. The lowest BCUT2D eigenvalue weighted by Gasteiger charge is -2.28. The van der Waals surface area contributed by atoms with Gasteiger partial charge >= 0.3 is 6.09 Å². The van der Waals surface area contributed by atoms with Crippen molar-refractivity contribution in [1.29, 1.82) is 0 Å². The van der Waals surface area contributed by atoms with Gasteiger partial charge in [0.2, 0.25) is 0 Å². The van der Waals surface area contributed by atoms with Crippen LogP contribution in [-0.2, 0) is 4.74 Å². The first kappa shape index (κ1) is 16.8. The van der Waals surface area contributed by atoms with E-state index in [1.54, 1.807) is 11.9 Å². The summed E-state index contributed by atoms with van der Waals surface area (Å²) in [5.74, 6) is 0.485. The summed E-state index contributed by atoms with van der Waals surface area (Å²) < 4.78 is 5.45. The molecule has 1 aliphatic carbocycles. The fourth-order valence-corrected chi connectivity index (χ4v) is 3.21. The normalized spacial score (nSPS) is 25.0. The average molecular weight is 305 g/mol. The highest BCUT2D eigenvalue weighted by molar-refractivity contribution is 5.68. The first-order chi connectivity index (χ1) is 10.3. The third-order valence-corrected chi connectivity index (χ3v) is 4.36. The molecule has 1 fully saturated rings. The van der Waals surface area contributed by atoms with E-state index in [0.717, 1.165) is 12.8 Å². The number of rotatable bonds is 3. The van der Waals surface area contributed by atoms with Crippen molar-refractivity contribution in [1.82, 2.24) is 4.90 Å². The van der Waals surface area contributed by atoms with Crippen LogP contribution in [0.5, 0.6) is 0 Å². The topological polar surface area (TPSA) is 49.8 Å². The van der Waals surface area contributed by atoms with Gasteiger partial charge in [-0.15, -0.1) is 0 Å². The van der Waals surface area contributed by atoms with E-state index in [9.17, 15) is 9.90 Å². The van der Waals surface area contributed by atoms with Gasteiger partial charge in [-0.1, -0.05) is 30.3 Å². The molecule has 0 spiro atoms. The van der Waals surface area contributed by atoms with E-state index in [2.05, 4.69) is 12.1 Å². The van der Waals surface area contributed by atoms with Gasteiger partial charge in [0.1, 0.15) is 5.60 Å². The third kappa shape index (κ3) is 4.01. The number of carbonyl (C=O) groups is 1. The summed E-state index contributed by atoms with van der Waals surface area (Å²) in [7, 11) is 1.79. The molecule has 0 saturated heterocycles. The van der Waals surface area contributed by atoms with Gasteiger partial charge in [-0.25, -0.2) is 4.79 Å². The molecule has 2 rings (SSSR count). The van der Waals surface area contributed by atoms with Crippen LogP contribution in [0, 0.1) is 5.92 Å². The number of hydrogen-bond acceptors (Lipinski definition) is 3. The summed E-state index contributed by atoms with van der Waals surface area (Å²) in [5, 5.41) is 9.69. The average Bonchev–Trinajstić information content (AvgIpc) is 2.89. The maximum absolute atomic E-state index is 12.2. The van der Waals surface area contributed by atoms with Gasteiger partial charge in [-0.2, -0.15) is 0 Å². The van der Waals surface area contributed by atoms with Crippen LogP contribution >= 0.6 is 0 Å². The number of ether oxygens (including phenoxy) is 1. The number of hydrogen-bond donors (Lipinski definition) is 1. The van der Waals surface area contributed by atoms with E-state index in [1.807, 2.05) is 39.0 Å². The van der Waals surface area contributed by atoms with Crippen molar-refractivity contribution in [2.24, 2.45) is 5.92 Å². The SMILES string of the molecule is CN(C(=O)OC(C)(C)C)[C@H]1C[C@@H](CO)[C@H](c2ccccc2)C1. The molecule has 0 radical (unpaired) electrons. The van der Waals surface area contributed by atoms with Crippen LogP contribution in [0.3, 0.4) is 0 Å². The Bertz CT molecular complexity index is 495. The fraction of sp³-hybridized carbons (Fsp3) is 0.611. The van der Waals surface area contributed by atoms with Crippen LogP contribution in [0.15, 0.2) is 30.3 Å². The van der Waals surface area contributed by atoms with Gasteiger partial charge in [0.25, 0.3) is 0 Å². The number of amides is 1. The molecule has 122 valence electrons. The predicted molar refractivity (Wildman–Crippen MR) is 86.8 cm³/mol. The van der Waals surface area contributed by atoms with E-state index >= 15 is 0 Å². The molecule has 3 atom stereocenters. The van der Waals surface area contributed by atoms with Crippen LogP contribution in [0.1, 0.15) is 45.1 Å². The maximum atomic E-state index is 12.2. The maximum Gasteiger partial charge on any atom is 0.410 e. The minimum Gasteiger partial charge on any atom is -0.444 e. The van der Waals surface area contributed by atoms with E-state index in [-0.39, 0.29) is 24.7 Å². The predicted octanol–water partition coefficient (Wildman–Crippen LogP) is 3.41. The second-order valence-corrected chi connectivity index (χ2v) is 7.18. The highest BCUT2D eigenvalue weighted by Crippen LogP contribution is 2.41. The largest absolute Gasteiger partial charge is 0.444 e. The Morgan fingerprint density at radius 1 is 1.27 bits per heavy atom. The zero-order chi connectivity index (χ0) is 16.3. The number of aliphatic hydroxyl groups excluding tert-OH is 1. The highest BCUT2D eigenvalue weighted by atomic mass is 16.6. The Hall–Kier alpha value is -1.55. The quantitative estimate of drug-likeness (QED) is 0.931. The number of nitrogens with zero attached hydrogens (tertiary/aromatic N) is 1. The van der Waals surface area contributed by atoms with Crippen LogP contribution in [0.2, 0.25) is 0 Å². The summed E-state index contributed by atoms with van der Waals surface area (Å²) in [5.41, 5.74) is 0.751. The Morgan fingerprint density at radius 3 is 2.45 bits per heavy atom. The number of carbonyl (C=O) groups excluding carboxylic acids is 1. The van der Waals surface area contributed by atoms with E-state index in [1.165, 1.54) is 5.56 Å². The van der Waals surface area contributed by atoms with Crippen LogP contribution in [0.25, 0.3) is 0 Å². The van der Waals surface area contributed by atoms with Gasteiger partial charge in [-0.05, 0) is 51.0 Å². The molecular formula is C18H27NO3. The molecule has 4 nitrogen and oxygen atoms in total. The molecule has 1 aromatic rings. The molecule has 4 heteroatoms. The van der Waals surface area contributed by atoms with Gasteiger partial charge < -0.3 is 14.7 Å². The van der Waals surface area contributed by atoms with Gasteiger partial charge in [-0.3, -0.25) is 0 Å². The van der Waals surface area contributed by atoms with Crippen molar-refractivity contribution >= 4 is 6.09 Å². The second kappa shape index (κ2) is 6.69. The van der Waals surface area contributed by atoms with Crippen molar-refractivity contribution in [2.75, 3.05) is 13.7 Å². The zero-order valence-corrected chi connectivity index (χ0v) is 14.0. The number of aliphatic hydroxyl groups is 1. The van der Waals surface area contributed by atoms with Crippen molar-refractivity contribution < 1.29 is 14.6 Å². The van der Waals surface area contributed by atoms with Crippen LogP contribution in [-0.4, -0.2) is 41.4 Å². The molecular weight excluding hydrogens is 278 g/mol. The first-order valence-corrected chi connectivity index (χ1v) is 7.93. The second-order valence-electron chi connectivity index (χ2n) is 7.18. The van der Waals surface area contributed by atoms with E-state index in [0.29, 0.717) is 5.92 Å². The minimum atomic E-state index is -0.487. The van der Waals surface area contributed by atoms with Crippen LogP contribution in [0.4, 0.5) is 4.79 Å². The molecule has 1 aliphatic rings. The molecule has 1 amide bonds. The van der Waals surface area contributed by atoms with E-state index in [4.69, 9.17) is 4.74 Å². The van der Waals surface area contributed by atoms with Crippen molar-refractivity contribution in [3.63, 3.8) is 0 Å². The summed E-state index contributed by atoms with van der Waals surface area (Å²) in [6, 6.07) is 10.4.